The lowest BCUT2D eigenvalue weighted by atomic mass is 10.1. The van der Waals surface area contributed by atoms with Gasteiger partial charge in [0.15, 0.2) is 0 Å². The summed E-state index contributed by atoms with van der Waals surface area (Å²) in [7, 11) is 0. The molecule has 0 unspecified atom stereocenters. The van der Waals surface area contributed by atoms with Crippen LogP contribution in [0, 0.1) is 18.3 Å². The lowest BCUT2D eigenvalue weighted by Crippen LogP contribution is -2.23. The van der Waals surface area contributed by atoms with Gasteiger partial charge in [0.25, 0.3) is 0 Å². The van der Waals surface area contributed by atoms with E-state index in [4.69, 9.17) is 0 Å². The first-order valence-corrected chi connectivity index (χ1v) is 6.40. The van der Waals surface area contributed by atoms with E-state index in [1.165, 1.54) is 0 Å². The zero-order valence-electron chi connectivity index (χ0n) is 11.3. The van der Waals surface area contributed by atoms with Crippen LogP contribution in [0.2, 0.25) is 0 Å². The van der Waals surface area contributed by atoms with E-state index >= 15 is 0 Å². The molecule has 0 aliphatic heterocycles. The number of benzene rings is 1. The minimum atomic E-state index is 0.717. The Balaban J connectivity index is 2.30. The molecule has 0 saturated carbocycles. The Labute approximate surface area is 114 Å². The van der Waals surface area contributed by atoms with Crippen molar-refractivity contribution < 1.29 is 0 Å². The molecule has 2 aromatic rings. The number of hydrogen-bond acceptors (Lipinski definition) is 3. The molecule has 1 heterocycles. The van der Waals surface area contributed by atoms with Crippen molar-refractivity contribution in [2.24, 2.45) is 0 Å². The molecule has 96 valence electrons. The van der Waals surface area contributed by atoms with Crippen molar-refractivity contribution in [3.63, 3.8) is 0 Å². The first kappa shape index (κ1) is 13.1. The number of aryl methyl sites for hydroxylation is 1. The average Bonchev–Trinajstić information content (AvgIpc) is 2.46. The van der Waals surface area contributed by atoms with E-state index < -0.39 is 0 Å². The third-order valence-corrected chi connectivity index (χ3v) is 3.07. The molecule has 19 heavy (non-hydrogen) atoms. The number of anilines is 1. The summed E-state index contributed by atoms with van der Waals surface area (Å²) in [4.78, 5) is 6.51. The zero-order valence-corrected chi connectivity index (χ0v) is 11.3. The third-order valence-electron chi connectivity index (χ3n) is 3.07. The van der Waals surface area contributed by atoms with Gasteiger partial charge in [-0.05, 0) is 43.7 Å². The molecule has 3 heteroatoms. The highest BCUT2D eigenvalue weighted by Crippen LogP contribution is 2.22. The predicted molar refractivity (Wildman–Crippen MR) is 76.9 cm³/mol. The topological polar surface area (TPSA) is 39.9 Å². The Hall–Kier alpha value is -2.34. The van der Waals surface area contributed by atoms with Gasteiger partial charge in [0.2, 0.25) is 0 Å². The van der Waals surface area contributed by atoms with Crippen LogP contribution >= 0.6 is 0 Å². The standard InChI is InChI=1S/C16H17N3/c1-3-19(12-15-6-4-5-9-18-15)16-8-7-13(2)10-14(16)11-17/h4-10H,3,12H2,1-2H3. The molecule has 3 nitrogen and oxygen atoms in total. The normalized spacial score (nSPS) is 9.95. The van der Waals surface area contributed by atoms with Crippen molar-refractivity contribution in [1.82, 2.24) is 4.98 Å². The maximum absolute atomic E-state index is 9.26. The molecular weight excluding hydrogens is 234 g/mol. The highest BCUT2D eigenvalue weighted by molar-refractivity contribution is 5.60. The number of aromatic nitrogens is 1. The summed E-state index contributed by atoms with van der Waals surface area (Å²) in [5.41, 5.74) is 3.81. The van der Waals surface area contributed by atoms with Gasteiger partial charge in [-0.3, -0.25) is 4.98 Å². The number of rotatable bonds is 4. The Kier molecular flexibility index (Phi) is 4.15. The van der Waals surface area contributed by atoms with Gasteiger partial charge in [-0.2, -0.15) is 5.26 Å². The second kappa shape index (κ2) is 6.01. The van der Waals surface area contributed by atoms with Crippen LogP contribution in [0.25, 0.3) is 0 Å². The summed E-state index contributed by atoms with van der Waals surface area (Å²) in [6.45, 7) is 5.65. The summed E-state index contributed by atoms with van der Waals surface area (Å²) in [5.74, 6) is 0. The quantitative estimate of drug-likeness (QED) is 0.837. The second-order valence-electron chi connectivity index (χ2n) is 4.47. The van der Waals surface area contributed by atoms with Gasteiger partial charge in [-0.1, -0.05) is 12.1 Å². The van der Waals surface area contributed by atoms with E-state index in [-0.39, 0.29) is 0 Å². The lowest BCUT2D eigenvalue weighted by molar-refractivity contribution is 0.808. The maximum atomic E-state index is 9.26. The van der Waals surface area contributed by atoms with Crippen LogP contribution in [-0.2, 0) is 6.54 Å². The Morgan fingerprint density at radius 1 is 1.26 bits per heavy atom. The molecule has 0 aliphatic rings. The molecule has 0 N–H and O–H groups in total. The largest absolute Gasteiger partial charge is 0.365 e. The smallest absolute Gasteiger partial charge is 0.101 e. The van der Waals surface area contributed by atoms with Crippen LogP contribution in [0.1, 0.15) is 23.7 Å². The summed E-state index contributed by atoms with van der Waals surface area (Å²) in [6.07, 6.45) is 1.80. The van der Waals surface area contributed by atoms with Crippen molar-refractivity contribution in [2.45, 2.75) is 20.4 Å². The monoisotopic (exact) mass is 251 g/mol. The Morgan fingerprint density at radius 3 is 2.74 bits per heavy atom. The summed E-state index contributed by atoms with van der Waals surface area (Å²) in [6, 6.07) is 14.1. The minimum absolute atomic E-state index is 0.717. The van der Waals surface area contributed by atoms with Crippen LogP contribution in [0.5, 0.6) is 0 Å². The summed E-state index contributed by atoms with van der Waals surface area (Å²) >= 11 is 0. The molecule has 0 saturated heterocycles. The molecule has 1 aromatic heterocycles. The Bertz CT molecular complexity index is 585. The Morgan fingerprint density at radius 2 is 2.11 bits per heavy atom. The third kappa shape index (κ3) is 3.11. The molecule has 0 aliphatic carbocycles. The fourth-order valence-electron chi connectivity index (χ4n) is 2.07. The van der Waals surface area contributed by atoms with Crippen LogP contribution in [0.15, 0.2) is 42.6 Å². The van der Waals surface area contributed by atoms with Crippen LogP contribution in [-0.4, -0.2) is 11.5 Å². The summed E-state index contributed by atoms with van der Waals surface area (Å²) in [5, 5.41) is 9.26. The average molecular weight is 251 g/mol. The van der Waals surface area contributed by atoms with Crippen LogP contribution in [0.4, 0.5) is 5.69 Å². The molecule has 1 aromatic carbocycles. The van der Waals surface area contributed by atoms with Gasteiger partial charge in [0.1, 0.15) is 6.07 Å². The van der Waals surface area contributed by atoms with E-state index in [0.29, 0.717) is 0 Å². The van der Waals surface area contributed by atoms with E-state index in [9.17, 15) is 5.26 Å². The van der Waals surface area contributed by atoms with Crippen molar-refractivity contribution >= 4 is 5.69 Å². The highest BCUT2D eigenvalue weighted by atomic mass is 15.1. The van der Waals surface area contributed by atoms with E-state index in [1.54, 1.807) is 6.20 Å². The minimum Gasteiger partial charge on any atom is -0.365 e. The SMILES string of the molecule is CCN(Cc1ccccn1)c1ccc(C)cc1C#N. The van der Waals surface area contributed by atoms with Gasteiger partial charge in [-0.15, -0.1) is 0 Å². The first-order chi connectivity index (χ1) is 9.24. The number of nitriles is 1. The van der Waals surface area contributed by atoms with Gasteiger partial charge in [0, 0.05) is 12.7 Å². The summed E-state index contributed by atoms with van der Waals surface area (Å²) < 4.78 is 0. The number of hydrogen-bond donors (Lipinski definition) is 0. The molecular formula is C16H17N3. The molecule has 0 bridgehead atoms. The number of pyridine rings is 1. The van der Waals surface area contributed by atoms with Crippen molar-refractivity contribution in [3.05, 3.63) is 59.4 Å². The molecule has 2 rings (SSSR count). The molecule has 0 spiro atoms. The van der Waals surface area contributed by atoms with Crippen molar-refractivity contribution in [1.29, 1.82) is 5.26 Å². The maximum Gasteiger partial charge on any atom is 0.101 e. The van der Waals surface area contributed by atoms with Gasteiger partial charge >= 0.3 is 0 Å². The van der Waals surface area contributed by atoms with Gasteiger partial charge in [0.05, 0.1) is 23.5 Å². The molecule has 0 radical (unpaired) electrons. The second-order valence-corrected chi connectivity index (χ2v) is 4.47. The fourth-order valence-corrected chi connectivity index (χ4v) is 2.07. The molecule has 0 atom stereocenters. The van der Waals surface area contributed by atoms with E-state index in [1.807, 2.05) is 43.3 Å². The molecule has 0 amide bonds. The first-order valence-electron chi connectivity index (χ1n) is 6.40. The predicted octanol–water partition coefficient (Wildman–Crippen LogP) is 3.29. The van der Waals surface area contributed by atoms with Gasteiger partial charge < -0.3 is 4.90 Å². The number of nitrogens with zero attached hydrogens (tertiary/aromatic N) is 3. The van der Waals surface area contributed by atoms with Crippen LogP contribution < -0.4 is 4.90 Å². The van der Waals surface area contributed by atoms with Crippen LogP contribution in [0.3, 0.4) is 0 Å². The van der Waals surface area contributed by atoms with Crippen molar-refractivity contribution in [3.8, 4) is 6.07 Å². The van der Waals surface area contributed by atoms with Gasteiger partial charge in [-0.25, -0.2) is 0 Å². The fraction of sp³-hybridized carbons (Fsp3) is 0.250. The van der Waals surface area contributed by atoms with Crippen molar-refractivity contribution in [2.75, 3.05) is 11.4 Å². The van der Waals surface area contributed by atoms with E-state index in [2.05, 4.69) is 22.9 Å². The lowest BCUT2D eigenvalue weighted by Gasteiger charge is -2.24. The molecule has 0 fully saturated rings. The van der Waals surface area contributed by atoms with E-state index in [0.717, 1.165) is 35.6 Å². The zero-order chi connectivity index (χ0) is 13.7. The highest BCUT2D eigenvalue weighted by Gasteiger charge is 2.10.